The third-order valence-corrected chi connectivity index (χ3v) is 4.75. The van der Waals surface area contributed by atoms with Crippen molar-refractivity contribution in [2.24, 2.45) is 5.92 Å². The average molecular weight is 360 g/mol. The molecule has 0 aliphatic carbocycles. The fraction of sp³-hybridized carbons (Fsp3) is 0.526. The van der Waals surface area contributed by atoms with Crippen LogP contribution in [-0.4, -0.2) is 34.0 Å². The van der Waals surface area contributed by atoms with Crippen molar-refractivity contribution < 1.29 is 13.7 Å². The number of amides is 1. The number of aryl methyl sites for hydroxylation is 1. The number of carbonyl (C=O) groups excluding carboxylic acids is 1. The van der Waals surface area contributed by atoms with Gasteiger partial charge in [0.2, 0.25) is 11.8 Å². The van der Waals surface area contributed by atoms with Crippen molar-refractivity contribution in [2.45, 2.75) is 45.7 Å². The Morgan fingerprint density at radius 3 is 3.04 bits per heavy atom. The number of nitrogens with one attached hydrogen (secondary N) is 1. The van der Waals surface area contributed by atoms with Gasteiger partial charge in [-0.25, -0.2) is 4.39 Å². The minimum Gasteiger partial charge on any atom is -0.352 e. The van der Waals surface area contributed by atoms with Crippen molar-refractivity contribution in [3.05, 3.63) is 47.4 Å². The monoisotopic (exact) mass is 360 g/mol. The zero-order valence-corrected chi connectivity index (χ0v) is 15.1. The molecule has 7 heteroatoms. The van der Waals surface area contributed by atoms with Crippen molar-refractivity contribution in [1.29, 1.82) is 0 Å². The minimum atomic E-state index is -0.285. The highest BCUT2D eigenvalue weighted by Gasteiger charge is 2.22. The number of aromatic nitrogens is 2. The summed E-state index contributed by atoms with van der Waals surface area (Å²) in [4.78, 5) is 18.6. The molecule has 0 bridgehead atoms. The summed E-state index contributed by atoms with van der Waals surface area (Å²) >= 11 is 0. The van der Waals surface area contributed by atoms with Gasteiger partial charge >= 0.3 is 0 Å². The molecule has 2 heterocycles. The van der Waals surface area contributed by atoms with Crippen LogP contribution in [0.5, 0.6) is 0 Å². The van der Waals surface area contributed by atoms with Crippen LogP contribution in [-0.2, 0) is 17.9 Å². The van der Waals surface area contributed by atoms with Crippen molar-refractivity contribution >= 4 is 5.91 Å². The number of piperidine rings is 1. The number of nitrogens with zero attached hydrogens (tertiary/aromatic N) is 3. The molecular formula is C19H25FN4O2. The molecule has 1 aromatic carbocycles. The van der Waals surface area contributed by atoms with E-state index in [1.807, 2.05) is 6.92 Å². The van der Waals surface area contributed by atoms with Crippen molar-refractivity contribution in [3.63, 3.8) is 0 Å². The van der Waals surface area contributed by atoms with Crippen LogP contribution in [0.25, 0.3) is 0 Å². The lowest BCUT2D eigenvalue weighted by atomic mass is 9.93. The number of carbonyl (C=O) groups is 1. The van der Waals surface area contributed by atoms with Crippen LogP contribution in [0, 0.1) is 18.7 Å². The summed E-state index contributed by atoms with van der Waals surface area (Å²) in [5.41, 5.74) is 0.513. The van der Waals surface area contributed by atoms with Gasteiger partial charge in [0.25, 0.3) is 0 Å². The number of benzene rings is 1. The Labute approximate surface area is 152 Å². The van der Waals surface area contributed by atoms with E-state index in [9.17, 15) is 9.18 Å². The van der Waals surface area contributed by atoms with E-state index < -0.39 is 0 Å². The van der Waals surface area contributed by atoms with Crippen LogP contribution in [0.4, 0.5) is 4.39 Å². The number of hydrogen-bond acceptors (Lipinski definition) is 5. The van der Waals surface area contributed by atoms with Crippen molar-refractivity contribution in [2.75, 3.05) is 13.1 Å². The fourth-order valence-corrected chi connectivity index (χ4v) is 3.39. The van der Waals surface area contributed by atoms with E-state index in [1.54, 1.807) is 18.2 Å². The number of halogens is 1. The van der Waals surface area contributed by atoms with Gasteiger partial charge in [-0.2, -0.15) is 4.98 Å². The predicted molar refractivity (Wildman–Crippen MR) is 94.5 cm³/mol. The zero-order chi connectivity index (χ0) is 18.4. The first kappa shape index (κ1) is 18.5. The van der Waals surface area contributed by atoms with Crippen LogP contribution in [0.3, 0.4) is 0 Å². The third-order valence-electron chi connectivity index (χ3n) is 4.75. The third kappa shape index (κ3) is 5.36. The second-order valence-corrected chi connectivity index (χ2v) is 6.89. The lowest BCUT2D eigenvalue weighted by Crippen LogP contribution is -2.35. The smallest absolute Gasteiger partial charge is 0.240 e. The van der Waals surface area contributed by atoms with E-state index in [1.165, 1.54) is 6.07 Å². The Balaban J connectivity index is 1.39. The highest BCUT2D eigenvalue weighted by Crippen LogP contribution is 2.22. The van der Waals surface area contributed by atoms with Gasteiger partial charge in [0.1, 0.15) is 5.82 Å². The Morgan fingerprint density at radius 2 is 2.27 bits per heavy atom. The summed E-state index contributed by atoms with van der Waals surface area (Å²) in [6.45, 7) is 4.65. The summed E-state index contributed by atoms with van der Waals surface area (Å²) < 4.78 is 18.8. The van der Waals surface area contributed by atoms with E-state index >= 15 is 0 Å². The van der Waals surface area contributed by atoms with Crippen LogP contribution in [0.1, 0.15) is 43.0 Å². The molecule has 1 saturated heterocycles. The summed E-state index contributed by atoms with van der Waals surface area (Å²) in [6, 6.07) is 6.51. The summed E-state index contributed by atoms with van der Waals surface area (Å²) in [5, 5.41) is 6.63. The highest BCUT2D eigenvalue weighted by atomic mass is 19.1. The van der Waals surface area contributed by atoms with E-state index in [4.69, 9.17) is 4.52 Å². The van der Waals surface area contributed by atoms with E-state index in [-0.39, 0.29) is 18.3 Å². The summed E-state index contributed by atoms with van der Waals surface area (Å²) in [5.74, 6) is 1.46. The molecular weight excluding hydrogens is 335 g/mol. The Hall–Kier alpha value is -2.28. The lowest BCUT2D eigenvalue weighted by Gasteiger charge is -2.31. The number of rotatable bonds is 7. The first-order valence-corrected chi connectivity index (χ1v) is 9.12. The maximum atomic E-state index is 13.6. The molecule has 0 unspecified atom stereocenters. The molecule has 1 aliphatic rings. The van der Waals surface area contributed by atoms with E-state index in [2.05, 4.69) is 20.4 Å². The molecule has 140 valence electrons. The Kier molecular flexibility index (Phi) is 6.33. The molecule has 1 aliphatic heterocycles. The van der Waals surface area contributed by atoms with Gasteiger partial charge in [0.05, 0.1) is 6.54 Å². The van der Waals surface area contributed by atoms with Gasteiger partial charge in [0, 0.05) is 25.1 Å². The zero-order valence-electron chi connectivity index (χ0n) is 15.1. The SMILES string of the molecule is Cc1noc(CN2CCC[C@@H](CCC(=O)NCc3ccccc3F)C2)n1. The van der Waals surface area contributed by atoms with Gasteiger partial charge in [0.15, 0.2) is 5.82 Å². The molecule has 1 fully saturated rings. The molecule has 1 aromatic heterocycles. The van der Waals surface area contributed by atoms with Crippen LogP contribution >= 0.6 is 0 Å². The second-order valence-electron chi connectivity index (χ2n) is 6.89. The van der Waals surface area contributed by atoms with Gasteiger partial charge in [-0.15, -0.1) is 0 Å². The fourth-order valence-electron chi connectivity index (χ4n) is 3.39. The van der Waals surface area contributed by atoms with Gasteiger partial charge in [-0.05, 0) is 44.7 Å². The second kappa shape index (κ2) is 8.89. The van der Waals surface area contributed by atoms with Crippen LogP contribution in [0.15, 0.2) is 28.8 Å². The standard InChI is InChI=1S/C19H25FN4O2/c1-14-22-19(26-23-14)13-24-10-4-5-15(12-24)8-9-18(25)21-11-16-6-2-3-7-17(16)20/h2-3,6-7,15H,4-5,8-13H2,1H3,(H,21,25)/t15-/m0/s1. The predicted octanol–water partition coefficient (Wildman–Crippen LogP) is 2.83. The first-order chi connectivity index (χ1) is 12.6. The highest BCUT2D eigenvalue weighted by molar-refractivity contribution is 5.75. The molecule has 2 aromatic rings. The maximum absolute atomic E-state index is 13.6. The lowest BCUT2D eigenvalue weighted by molar-refractivity contribution is -0.121. The molecule has 0 spiro atoms. The topological polar surface area (TPSA) is 71.3 Å². The molecule has 26 heavy (non-hydrogen) atoms. The molecule has 1 amide bonds. The largest absolute Gasteiger partial charge is 0.352 e. The van der Waals surface area contributed by atoms with Gasteiger partial charge in [-0.3, -0.25) is 9.69 Å². The molecule has 6 nitrogen and oxygen atoms in total. The van der Waals surface area contributed by atoms with Gasteiger partial charge < -0.3 is 9.84 Å². The minimum absolute atomic E-state index is 0.0297. The number of likely N-dealkylation sites (tertiary alicyclic amines) is 1. The van der Waals surface area contributed by atoms with Crippen LogP contribution < -0.4 is 5.32 Å². The van der Waals surface area contributed by atoms with E-state index in [0.717, 1.165) is 32.4 Å². The quantitative estimate of drug-likeness (QED) is 0.822. The van der Waals surface area contributed by atoms with Crippen molar-refractivity contribution in [3.8, 4) is 0 Å². The number of hydrogen-bond donors (Lipinski definition) is 1. The summed E-state index contributed by atoms with van der Waals surface area (Å²) in [6.07, 6.45) is 3.53. The normalized spacial score (nSPS) is 18.0. The first-order valence-electron chi connectivity index (χ1n) is 9.12. The molecule has 0 saturated carbocycles. The molecule has 3 rings (SSSR count). The maximum Gasteiger partial charge on any atom is 0.240 e. The summed E-state index contributed by atoms with van der Waals surface area (Å²) in [7, 11) is 0. The molecule has 1 N–H and O–H groups in total. The average Bonchev–Trinajstić information content (AvgIpc) is 3.04. The van der Waals surface area contributed by atoms with E-state index in [0.29, 0.717) is 36.2 Å². The Bertz CT molecular complexity index is 734. The van der Waals surface area contributed by atoms with Crippen LogP contribution in [0.2, 0.25) is 0 Å². The molecule has 1 atom stereocenters. The Morgan fingerprint density at radius 1 is 1.42 bits per heavy atom. The van der Waals surface area contributed by atoms with Gasteiger partial charge in [-0.1, -0.05) is 23.4 Å². The molecule has 0 radical (unpaired) electrons. The van der Waals surface area contributed by atoms with Crippen molar-refractivity contribution in [1.82, 2.24) is 20.4 Å².